The fourth-order valence-corrected chi connectivity index (χ4v) is 4.67. The van der Waals surface area contributed by atoms with Crippen LogP contribution in [0.15, 0.2) is 12.1 Å². The summed E-state index contributed by atoms with van der Waals surface area (Å²) in [6.07, 6.45) is 0. The summed E-state index contributed by atoms with van der Waals surface area (Å²) in [7, 11) is 1.66. The molecular formula is C27H40Cl2N2O3. The van der Waals surface area contributed by atoms with Gasteiger partial charge in [0, 0.05) is 54.0 Å². The predicted molar refractivity (Wildman–Crippen MR) is 142 cm³/mol. The van der Waals surface area contributed by atoms with Crippen LogP contribution in [0.4, 0.5) is 0 Å². The van der Waals surface area contributed by atoms with Gasteiger partial charge in [-0.05, 0) is 67.0 Å². The Balaban J connectivity index is 2.20. The number of methoxy groups -OCH3 is 1. The summed E-state index contributed by atoms with van der Waals surface area (Å²) in [5.74, 6) is 0.957. The van der Waals surface area contributed by atoms with Crippen LogP contribution in [0.1, 0.15) is 79.8 Å². The number of nitrogens with zero attached hydrogens (tertiary/aromatic N) is 1. The molecule has 3 N–H and O–H groups in total. The Morgan fingerprint density at radius 2 is 1.35 bits per heavy atom. The van der Waals surface area contributed by atoms with Gasteiger partial charge in [0.2, 0.25) is 0 Å². The van der Waals surface area contributed by atoms with Crippen LogP contribution in [0.25, 0.3) is 0 Å². The zero-order valence-electron chi connectivity index (χ0n) is 21.7. The van der Waals surface area contributed by atoms with E-state index in [9.17, 15) is 10.2 Å². The van der Waals surface area contributed by atoms with Gasteiger partial charge in [-0.15, -0.1) is 0 Å². The van der Waals surface area contributed by atoms with Crippen molar-refractivity contribution in [3.63, 3.8) is 0 Å². The Labute approximate surface area is 215 Å². The van der Waals surface area contributed by atoms with Gasteiger partial charge in [-0.2, -0.15) is 0 Å². The Morgan fingerprint density at radius 3 is 1.82 bits per heavy atom. The summed E-state index contributed by atoms with van der Waals surface area (Å²) in [5, 5.41) is 26.6. The molecule has 0 saturated carbocycles. The third-order valence-electron chi connectivity index (χ3n) is 6.40. The van der Waals surface area contributed by atoms with Gasteiger partial charge in [-0.25, -0.2) is 0 Å². The smallest absolute Gasteiger partial charge is 0.123 e. The van der Waals surface area contributed by atoms with Crippen molar-refractivity contribution in [1.29, 1.82) is 0 Å². The highest BCUT2D eigenvalue weighted by molar-refractivity contribution is 6.31. The van der Waals surface area contributed by atoms with Gasteiger partial charge < -0.3 is 20.3 Å². The second kappa shape index (κ2) is 12.5. The van der Waals surface area contributed by atoms with Gasteiger partial charge >= 0.3 is 0 Å². The van der Waals surface area contributed by atoms with E-state index in [0.717, 1.165) is 33.4 Å². The lowest BCUT2D eigenvalue weighted by molar-refractivity contribution is 0.0515. The number of benzene rings is 2. The second-order valence-corrected chi connectivity index (χ2v) is 10.6. The average molecular weight is 512 g/mol. The van der Waals surface area contributed by atoms with Crippen LogP contribution in [0.2, 0.25) is 10.0 Å². The molecule has 2 aromatic carbocycles. The zero-order valence-corrected chi connectivity index (χ0v) is 23.2. The largest absolute Gasteiger partial charge is 0.507 e. The molecule has 34 heavy (non-hydrogen) atoms. The predicted octanol–water partition coefficient (Wildman–Crippen LogP) is 6.85. The Bertz CT molecular complexity index is 993. The van der Waals surface area contributed by atoms with Crippen molar-refractivity contribution in [1.82, 2.24) is 10.2 Å². The molecule has 0 saturated heterocycles. The van der Waals surface area contributed by atoms with Crippen molar-refractivity contribution in [2.75, 3.05) is 20.4 Å². The van der Waals surface area contributed by atoms with E-state index in [0.29, 0.717) is 47.9 Å². The highest BCUT2D eigenvalue weighted by Gasteiger charge is 2.21. The molecule has 2 aromatic rings. The Kier molecular flexibility index (Phi) is 10.5. The molecule has 1 atom stereocenters. The number of halogens is 2. The zero-order chi connectivity index (χ0) is 25.7. The number of phenols is 2. The van der Waals surface area contributed by atoms with Crippen LogP contribution in [0.5, 0.6) is 11.5 Å². The molecule has 0 aliphatic rings. The van der Waals surface area contributed by atoms with Crippen LogP contribution in [-0.2, 0) is 17.8 Å². The average Bonchev–Trinajstić information content (AvgIpc) is 2.75. The minimum atomic E-state index is 0.0848. The first kappa shape index (κ1) is 28.7. The SMILES string of the molecule is COCN(Cc1c(C)c(Cl)cc(C(C)C)c1O)C[C@@H](C)NCc1c(C)c(Cl)cc(C(C)C)c1O. The fourth-order valence-electron chi connectivity index (χ4n) is 4.21. The van der Waals surface area contributed by atoms with E-state index in [1.807, 2.05) is 53.7 Å². The first-order valence-corrected chi connectivity index (χ1v) is 12.6. The minimum Gasteiger partial charge on any atom is -0.507 e. The maximum atomic E-state index is 10.9. The standard InChI is InChI=1S/C27H40Cl2N2O3/c1-15(2)20-9-24(28)18(6)22(26(20)32)11-30-17(5)12-31(14-34-8)13-23-19(7)25(29)10-21(16(3)4)27(23)33/h9-10,15-17,30,32-33H,11-14H2,1-8H3/t17-/m1/s1. The Hall–Kier alpha value is -1.50. The molecule has 7 heteroatoms. The molecule has 0 radical (unpaired) electrons. The molecule has 0 aromatic heterocycles. The van der Waals surface area contributed by atoms with Crippen molar-refractivity contribution >= 4 is 23.2 Å². The van der Waals surface area contributed by atoms with Crippen molar-refractivity contribution in [3.8, 4) is 11.5 Å². The normalized spacial score (nSPS) is 12.9. The number of ether oxygens (including phenoxy) is 1. The summed E-state index contributed by atoms with van der Waals surface area (Å²) in [5.41, 5.74) is 5.12. The molecule has 0 heterocycles. The minimum absolute atomic E-state index is 0.0848. The van der Waals surface area contributed by atoms with E-state index in [2.05, 4.69) is 17.1 Å². The van der Waals surface area contributed by atoms with E-state index in [-0.39, 0.29) is 17.9 Å². The van der Waals surface area contributed by atoms with E-state index in [1.54, 1.807) is 7.11 Å². The lowest BCUT2D eigenvalue weighted by Crippen LogP contribution is -2.39. The van der Waals surface area contributed by atoms with Crippen LogP contribution in [0, 0.1) is 13.8 Å². The molecule has 0 spiro atoms. The fraction of sp³-hybridized carbons (Fsp3) is 0.556. The first-order chi connectivity index (χ1) is 15.9. The van der Waals surface area contributed by atoms with E-state index >= 15 is 0 Å². The Morgan fingerprint density at radius 1 is 0.882 bits per heavy atom. The van der Waals surface area contributed by atoms with Gasteiger partial charge in [0.15, 0.2) is 0 Å². The van der Waals surface area contributed by atoms with Crippen LogP contribution in [-0.4, -0.2) is 41.5 Å². The number of hydrogen-bond donors (Lipinski definition) is 3. The first-order valence-electron chi connectivity index (χ1n) is 11.8. The summed E-state index contributed by atoms with van der Waals surface area (Å²) >= 11 is 12.9. The molecule has 0 fully saturated rings. The molecule has 0 bridgehead atoms. The monoisotopic (exact) mass is 510 g/mol. The maximum absolute atomic E-state index is 10.9. The quantitative estimate of drug-likeness (QED) is 0.288. The van der Waals surface area contributed by atoms with Crippen LogP contribution < -0.4 is 5.32 Å². The molecule has 2 rings (SSSR count). The number of nitrogens with one attached hydrogen (secondary N) is 1. The van der Waals surface area contributed by atoms with Crippen molar-refractivity contribution in [2.45, 2.75) is 79.4 Å². The number of phenolic OH excluding ortho intramolecular Hbond substituents is 2. The highest BCUT2D eigenvalue weighted by atomic mass is 35.5. The maximum Gasteiger partial charge on any atom is 0.123 e. The molecule has 0 unspecified atom stereocenters. The molecular weight excluding hydrogens is 471 g/mol. The second-order valence-electron chi connectivity index (χ2n) is 9.82. The topological polar surface area (TPSA) is 65.0 Å². The van der Waals surface area contributed by atoms with E-state index in [4.69, 9.17) is 27.9 Å². The van der Waals surface area contributed by atoms with Gasteiger partial charge in [0.25, 0.3) is 0 Å². The van der Waals surface area contributed by atoms with Crippen LogP contribution >= 0.6 is 23.2 Å². The lowest BCUT2D eigenvalue weighted by atomic mass is 9.95. The molecule has 5 nitrogen and oxygen atoms in total. The molecule has 190 valence electrons. The third kappa shape index (κ3) is 6.79. The van der Waals surface area contributed by atoms with Gasteiger partial charge in [-0.1, -0.05) is 50.9 Å². The van der Waals surface area contributed by atoms with Crippen molar-refractivity contribution in [3.05, 3.63) is 55.6 Å². The van der Waals surface area contributed by atoms with Gasteiger partial charge in [0.05, 0.1) is 6.73 Å². The van der Waals surface area contributed by atoms with Crippen molar-refractivity contribution in [2.24, 2.45) is 0 Å². The number of rotatable bonds is 11. The molecule has 0 aliphatic carbocycles. The molecule has 0 amide bonds. The summed E-state index contributed by atoms with van der Waals surface area (Å²) < 4.78 is 5.45. The van der Waals surface area contributed by atoms with E-state index in [1.165, 1.54) is 0 Å². The lowest BCUT2D eigenvalue weighted by Gasteiger charge is -2.28. The highest BCUT2D eigenvalue weighted by Crippen LogP contribution is 2.37. The molecule has 0 aliphatic heterocycles. The summed E-state index contributed by atoms with van der Waals surface area (Å²) in [6.45, 7) is 16.2. The summed E-state index contributed by atoms with van der Waals surface area (Å²) in [4.78, 5) is 2.13. The van der Waals surface area contributed by atoms with E-state index < -0.39 is 0 Å². The van der Waals surface area contributed by atoms with Gasteiger partial charge in [-0.3, -0.25) is 4.90 Å². The summed E-state index contributed by atoms with van der Waals surface area (Å²) in [6, 6.07) is 3.80. The third-order valence-corrected chi connectivity index (χ3v) is 7.19. The number of aromatic hydroxyl groups is 2. The van der Waals surface area contributed by atoms with Gasteiger partial charge in [0.1, 0.15) is 11.5 Å². The number of hydrogen-bond acceptors (Lipinski definition) is 5. The van der Waals surface area contributed by atoms with Crippen LogP contribution in [0.3, 0.4) is 0 Å². The van der Waals surface area contributed by atoms with Crippen molar-refractivity contribution < 1.29 is 14.9 Å².